The Morgan fingerprint density at radius 3 is 2.29 bits per heavy atom. The van der Waals surface area contributed by atoms with E-state index in [4.69, 9.17) is 5.11 Å². The standard InChI is InChI=1S/C16H23NO3S/c1-13(2)16(3,4)12-17-21(19,20)15-9-7-14(8-10-15)6-5-11-18/h7-10,13,17-18H,11-12H2,1-4H3. The zero-order valence-electron chi connectivity index (χ0n) is 13.0. The Balaban J connectivity index is 2.84. The molecule has 5 heteroatoms. The SMILES string of the molecule is CC(C)C(C)(C)CNS(=O)(=O)c1ccc(C#CCO)cc1. The van der Waals surface area contributed by atoms with Crippen molar-refractivity contribution in [2.45, 2.75) is 32.6 Å². The fraction of sp³-hybridized carbons (Fsp3) is 0.500. The first-order valence-electron chi connectivity index (χ1n) is 6.88. The first kappa shape index (κ1) is 17.7. The second-order valence-corrected chi connectivity index (χ2v) is 7.72. The fourth-order valence-corrected chi connectivity index (χ4v) is 2.65. The first-order valence-corrected chi connectivity index (χ1v) is 8.37. The summed E-state index contributed by atoms with van der Waals surface area (Å²) in [5.74, 6) is 5.62. The second kappa shape index (κ2) is 7.08. The number of aliphatic hydroxyl groups excluding tert-OH is 1. The molecule has 0 aliphatic rings. The average Bonchev–Trinajstić information content (AvgIpc) is 2.43. The van der Waals surface area contributed by atoms with Crippen molar-refractivity contribution in [2.75, 3.05) is 13.2 Å². The van der Waals surface area contributed by atoms with Crippen molar-refractivity contribution in [2.24, 2.45) is 11.3 Å². The molecule has 21 heavy (non-hydrogen) atoms. The molecule has 116 valence electrons. The predicted octanol–water partition coefficient (Wildman–Crippen LogP) is 1.99. The van der Waals surface area contributed by atoms with Gasteiger partial charge in [0.2, 0.25) is 10.0 Å². The molecule has 1 aromatic rings. The van der Waals surface area contributed by atoms with Crippen molar-refractivity contribution in [3.05, 3.63) is 29.8 Å². The minimum absolute atomic E-state index is 0.111. The van der Waals surface area contributed by atoms with E-state index in [0.717, 1.165) is 0 Å². The van der Waals surface area contributed by atoms with Gasteiger partial charge >= 0.3 is 0 Å². The van der Waals surface area contributed by atoms with Gasteiger partial charge in [0.05, 0.1) is 4.90 Å². The lowest BCUT2D eigenvalue weighted by Crippen LogP contribution is -2.36. The lowest BCUT2D eigenvalue weighted by Gasteiger charge is -2.29. The first-order chi connectivity index (χ1) is 9.69. The Morgan fingerprint density at radius 1 is 1.24 bits per heavy atom. The van der Waals surface area contributed by atoms with E-state index >= 15 is 0 Å². The van der Waals surface area contributed by atoms with Crippen LogP contribution in [0.1, 0.15) is 33.3 Å². The normalized spacial score (nSPS) is 12.1. The summed E-state index contributed by atoms with van der Waals surface area (Å²) in [4.78, 5) is 0.219. The van der Waals surface area contributed by atoms with Crippen LogP contribution in [0, 0.1) is 23.2 Å². The topological polar surface area (TPSA) is 66.4 Å². The molecule has 0 heterocycles. The maximum atomic E-state index is 12.2. The molecule has 0 aromatic heterocycles. The minimum atomic E-state index is -3.51. The number of nitrogens with one attached hydrogen (secondary N) is 1. The van der Waals surface area contributed by atoms with E-state index in [1.165, 1.54) is 12.1 Å². The molecule has 0 unspecified atom stereocenters. The number of sulfonamides is 1. The summed E-state index contributed by atoms with van der Waals surface area (Å²) in [7, 11) is -3.51. The highest BCUT2D eigenvalue weighted by Crippen LogP contribution is 2.25. The van der Waals surface area contributed by atoms with Crippen LogP contribution in [0.15, 0.2) is 29.2 Å². The van der Waals surface area contributed by atoms with Gasteiger partial charge in [-0.1, -0.05) is 39.5 Å². The van der Waals surface area contributed by atoms with Gasteiger partial charge < -0.3 is 5.11 Å². The zero-order valence-corrected chi connectivity index (χ0v) is 13.8. The molecule has 0 aliphatic heterocycles. The van der Waals surface area contributed by atoms with E-state index in [-0.39, 0.29) is 16.9 Å². The van der Waals surface area contributed by atoms with Crippen LogP contribution in [0.3, 0.4) is 0 Å². The van der Waals surface area contributed by atoms with Crippen LogP contribution in [-0.2, 0) is 10.0 Å². The molecular formula is C16H23NO3S. The highest BCUT2D eigenvalue weighted by atomic mass is 32.2. The fourth-order valence-electron chi connectivity index (χ4n) is 1.43. The molecule has 0 spiro atoms. The number of benzene rings is 1. The summed E-state index contributed by atoms with van der Waals surface area (Å²) in [5, 5.41) is 8.62. The molecule has 0 saturated heterocycles. The number of hydrogen-bond acceptors (Lipinski definition) is 3. The maximum Gasteiger partial charge on any atom is 0.240 e. The number of rotatable bonds is 5. The van der Waals surface area contributed by atoms with Gasteiger partial charge in [0, 0.05) is 12.1 Å². The van der Waals surface area contributed by atoms with Gasteiger partial charge in [0.1, 0.15) is 6.61 Å². The van der Waals surface area contributed by atoms with Crippen LogP contribution in [0.4, 0.5) is 0 Å². The Labute approximate surface area is 127 Å². The largest absolute Gasteiger partial charge is 0.384 e. The van der Waals surface area contributed by atoms with Crippen LogP contribution in [0.5, 0.6) is 0 Å². The minimum Gasteiger partial charge on any atom is -0.384 e. The molecule has 1 rings (SSSR count). The molecule has 0 amide bonds. The van der Waals surface area contributed by atoms with E-state index in [0.29, 0.717) is 18.0 Å². The summed E-state index contributed by atoms with van der Waals surface area (Å²) in [6, 6.07) is 6.30. The van der Waals surface area contributed by atoms with Crippen LogP contribution in [-0.4, -0.2) is 26.7 Å². The molecule has 2 N–H and O–H groups in total. The lowest BCUT2D eigenvalue weighted by atomic mass is 9.81. The third-order valence-corrected chi connectivity index (χ3v) is 5.17. The molecule has 1 aromatic carbocycles. The van der Waals surface area contributed by atoms with Crippen LogP contribution >= 0.6 is 0 Å². The van der Waals surface area contributed by atoms with E-state index in [1.54, 1.807) is 12.1 Å². The Bertz CT molecular complexity index is 620. The zero-order chi connectivity index (χ0) is 16.1. The second-order valence-electron chi connectivity index (χ2n) is 5.95. The van der Waals surface area contributed by atoms with Gasteiger partial charge in [-0.25, -0.2) is 13.1 Å². The Morgan fingerprint density at radius 2 is 1.81 bits per heavy atom. The van der Waals surface area contributed by atoms with E-state index in [2.05, 4.69) is 30.4 Å². The van der Waals surface area contributed by atoms with Crippen LogP contribution in [0.2, 0.25) is 0 Å². The predicted molar refractivity (Wildman–Crippen MR) is 84.2 cm³/mol. The van der Waals surface area contributed by atoms with E-state index < -0.39 is 10.0 Å². The summed E-state index contributed by atoms with van der Waals surface area (Å²) in [5.41, 5.74) is 0.560. The molecule has 0 radical (unpaired) electrons. The van der Waals surface area contributed by atoms with Crippen molar-refractivity contribution < 1.29 is 13.5 Å². The quantitative estimate of drug-likeness (QED) is 0.818. The van der Waals surface area contributed by atoms with Gasteiger partial charge in [0.15, 0.2) is 0 Å². The van der Waals surface area contributed by atoms with E-state index in [1.807, 2.05) is 13.8 Å². The Kier molecular flexibility index (Phi) is 5.97. The molecule has 0 saturated carbocycles. The van der Waals surface area contributed by atoms with Crippen molar-refractivity contribution in [1.82, 2.24) is 4.72 Å². The molecule has 0 atom stereocenters. The van der Waals surface area contributed by atoms with Gasteiger partial charge in [-0.15, -0.1) is 0 Å². The van der Waals surface area contributed by atoms with Gasteiger partial charge in [0.25, 0.3) is 0 Å². The lowest BCUT2D eigenvalue weighted by molar-refractivity contribution is 0.252. The van der Waals surface area contributed by atoms with E-state index in [9.17, 15) is 8.42 Å². The third-order valence-electron chi connectivity index (χ3n) is 3.76. The van der Waals surface area contributed by atoms with Gasteiger partial charge in [-0.3, -0.25) is 0 Å². The summed E-state index contributed by atoms with van der Waals surface area (Å²) in [6.45, 7) is 8.39. The molecule has 0 aliphatic carbocycles. The maximum absolute atomic E-state index is 12.2. The summed E-state index contributed by atoms with van der Waals surface area (Å²) < 4.78 is 27.1. The molecule has 0 fully saturated rings. The summed E-state index contributed by atoms with van der Waals surface area (Å²) in [6.07, 6.45) is 0. The van der Waals surface area contributed by atoms with Crippen molar-refractivity contribution in [3.8, 4) is 11.8 Å². The van der Waals surface area contributed by atoms with Crippen LogP contribution < -0.4 is 4.72 Å². The molecule has 4 nitrogen and oxygen atoms in total. The highest BCUT2D eigenvalue weighted by Gasteiger charge is 2.25. The number of hydrogen-bond donors (Lipinski definition) is 2. The number of aliphatic hydroxyl groups is 1. The van der Waals surface area contributed by atoms with Crippen molar-refractivity contribution >= 4 is 10.0 Å². The van der Waals surface area contributed by atoms with Gasteiger partial charge in [-0.05, 0) is 35.6 Å². The summed E-state index contributed by atoms with van der Waals surface area (Å²) >= 11 is 0. The van der Waals surface area contributed by atoms with Gasteiger partial charge in [-0.2, -0.15) is 0 Å². The molecular weight excluding hydrogens is 286 g/mol. The van der Waals surface area contributed by atoms with Crippen molar-refractivity contribution in [3.63, 3.8) is 0 Å². The third kappa shape index (κ3) is 5.16. The highest BCUT2D eigenvalue weighted by molar-refractivity contribution is 7.89. The van der Waals surface area contributed by atoms with Crippen LogP contribution in [0.25, 0.3) is 0 Å². The Hall–Kier alpha value is -1.35. The smallest absolute Gasteiger partial charge is 0.240 e. The average molecular weight is 309 g/mol. The molecule has 0 bridgehead atoms. The monoisotopic (exact) mass is 309 g/mol. The van der Waals surface area contributed by atoms with Crippen molar-refractivity contribution in [1.29, 1.82) is 0 Å².